The lowest BCUT2D eigenvalue weighted by molar-refractivity contribution is 1.36. The molecule has 0 radical (unpaired) electrons. The molecule has 1 aromatic heterocycles. The topological polar surface area (TPSA) is 48.7 Å². The Bertz CT molecular complexity index is 927. The summed E-state index contributed by atoms with van der Waals surface area (Å²) in [6, 6.07) is 17.1. The number of nitrogens with one attached hydrogen (secondary N) is 1. The molecule has 3 aromatic rings. The van der Waals surface area contributed by atoms with Gasteiger partial charge in [0.05, 0.1) is 16.4 Å². The summed E-state index contributed by atoms with van der Waals surface area (Å²) in [5, 5.41) is 16.1. The molecule has 0 aliphatic carbocycles. The second-order valence-corrected chi connectivity index (χ2v) is 6.54. The first-order chi connectivity index (χ1) is 11.7. The maximum absolute atomic E-state index is 9.41. The maximum Gasteiger partial charge on any atom is 0.136 e. The van der Waals surface area contributed by atoms with Crippen molar-refractivity contribution < 1.29 is 0 Å². The molecule has 0 spiro atoms. The van der Waals surface area contributed by atoms with Crippen LogP contribution in [0.25, 0.3) is 16.8 Å². The highest BCUT2D eigenvalue weighted by Crippen LogP contribution is 2.28. The average Bonchev–Trinajstić information content (AvgIpc) is 3.08. The molecule has 0 fully saturated rings. The minimum atomic E-state index is 0.438. The first-order valence-corrected chi connectivity index (χ1v) is 8.64. The van der Waals surface area contributed by atoms with Crippen LogP contribution in [0.5, 0.6) is 0 Å². The molecular formula is C18H11Cl2N3S. The van der Waals surface area contributed by atoms with Crippen LogP contribution >= 0.6 is 34.5 Å². The van der Waals surface area contributed by atoms with Crippen molar-refractivity contribution in [1.82, 2.24) is 4.98 Å². The quantitative estimate of drug-likeness (QED) is 0.564. The lowest BCUT2D eigenvalue weighted by Gasteiger charge is -2.04. The fraction of sp³-hybridized carbons (Fsp3) is 0. The Morgan fingerprint density at radius 1 is 1.17 bits per heavy atom. The standard InChI is InChI=1S/C18H11Cl2N3S/c19-14-6-7-16(15(20)8-14)22-10-13(9-21)18-23-17(11-24-18)12-4-2-1-3-5-12/h1-8,10-11,22H/b13-10-. The van der Waals surface area contributed by atoms with E-state index in [0.717, 1.165) is 11.3 Å². The molecule has 1 heterocycles. The summed E-state index contributed by atoms with van der Waals surface area (Å²) >= 11 is 13.4. The Balaban J connectivity index is 1.84. The third-order valence-electron chi connectivity index (χ3n) is 3.23. The highest BCUT2D eigenvalue weighted by Gasteiger charge is 2.09. The van der Waals surface area contributed by atoms with Crippen molar-refractivity contribution in [3.8, 4) is 17.3 Å². The third kappa shape index (κ3) is 3.77. The molecule has 0 saturated carbocycles. The highest BCUT2D eigenvalue weighted by molar-refractivity contribution is 7.11. The number of benzene rings is 2. The van der Waals surface area contributed by atoms with E-state index in [1.807, 2.05) is 35.7 Å². The van der Waals surface area contributed by atoms with Crippen LogP contribution in [0, 0.1) is 11.3 Å². The summed E-state index contributed by atoms with van der Waals surface area (Å²) < 4.78 is 0. The van der Waals surface area contributed by atoms with E-state index in [4.69, 9.17) is 23.2 Å². The van der Waals surface area contributed by atoms with Crippen LogP contribution in [-0.4, -0.2) is 4.98 Å². The zero-order valence-corrected chi connectivity index (χ0v) is 14.7. The minimum Gasteiger partial charge on any atom is -0.359 e. The van der Waals surface area contributed by atoms with Crippen LogP contribution < -0.4 is 5.32 Å². The summed E-state index contributed by atoms with van der Waals surface area (Å²) in [7, 11) is 0. The van der Waals surface area contributed by atoms with E-state index in [1.54, 1.807) is 24.4 Å². The van der Waals surface area contributed by atoms with Gasteiger partial charge in [0.25, 0.3) is 0 Å². The monoisotopic (exact) mass is 371 g/mol. The summed E-state index contributed by atoms with van der Waals surface area (Å²) in [6.07, 6.45) is 1.60. The molecule has 3 rings (SSSR count). The Kier molecular flexibility index (Phi) is 5.17. The second kappa shape index (κ2) is 7.50. The summed E-state index contributed by atoms with van der Waals surface area (Å²) in [5.74, 6) is 0. The fourth-order valence-electron chi connectivity index (χ4n) is 2.04. The molecule has 2 aromatic carbocycles. The molecule has 6 heteroatoms. The molecule has 0 atom stereocenters. The van der Waals surface area contributed by atoms with Crippen molar-refractivity contribution in [1.29, 1.82) is 5.26 Å². The van der Waals surface area contributed by atoms with Crippen LogP contribution in [0.2, 0.25) is 10.0 Å². The van der Waals surface area contributed by atoms with Gasteiger partial charge in [-0.15, -0.1) is 11.3 Å². The molecule has 0 saturated heterocycles. The van der Waals surface area contributed by atoms with Crippen molar-refractivity contribution in [2.45, 2.75) is 0 Å². The van der Waals surface area contributed by atoms with Gasteiger partial charge in [0.2, 0.25) is 0 Å². The number of nitrogens with zero attached hydrogens (tertiary/aromatic N) is 2. The number of rotatable bonds is 4. The Labute approximate surface area is 153 Å². The molecule has 0 aliphatic heterocycles. The van der Waals surface area contributed by atoms with E-state index >= 15 is 0 Å². The van der Waals surface area contributed by atoms with Crippen molar-refractivity contribution in [2.75, 3.05) is 5.32 Å². The Hall–Kier alpha value is -2.32. The van der Waals surface area contributed by atoms with Gasteiger partial charge in [0.15, 0.2) is 0 Å². The highest BCUT2D eigenvalue weighted by atomic mass is 35.5. The van der Waals surface area contributed by atoms with Gasteiger partial charge in [-0.3, -0.25) is 0 Å². The zero-order valence-electron chi connectivity index (χ0n) is 12.3. The van der Waals surface area contributed by atoms with Crippen molar-refractivity contribution in [3.63, 3.8) is 0 Å². The van der Waals surface area contributed by atoms with Gasteiger partial charge in [-0.25, -0.2) is 4.98 Å². The summed E-state index contributed by atoms with van der Waals surface area (Å²) in [4.78, 5) is 4.53. The molecule has 3 nitrogen and oxygen atoms in total. The number of hydrogen-bond acceptors (Lipinski definition) is 4. The van der Waals surface area contributed by atoms with Gasteiger partial charge < -0.3 is 5.32 Å². The zero-order chi connectivity index (χ0) is 16.9. The fourth-order valence-corrected chi connectivity index (χ4v) is 3.29. The van der Waals surface area contributed by atoms with E-state index < -0.39 is 0 Å². The number of anilines is 1. The van der Waals surface area contributed by atoms with Gasteiger partial charge in [-0.2, -0.15) is 5.26 Å². The predicted octanol–water partition coefficient (Wildman–Crippen LogP) is 6.09. The number of aromatic nitrogens is 1. The van der Waals surface area contributed by atoms with Crippen LogP contribution in [0.15, 0.2) is 60.1 Å². The first kappa shape index (κ1) is 16.5. The van der Waals surface area contributed by atoms with E-state index in [2.05, 4.69) is 16.4 Å². The smallest absolute Gasteiger partial charge is 0.136 e. The molecule has 0 unspecified atom stereocenters. The third-order valence-corrected chi connectivity index (χ3v) is 4.65. The molecular weight excluding hydrogens is 361 g/mol. The van der Waals surface area contributed by atoms with Crippen molar-refractivity contribution >= 4 is 45.8 Å². The van der Waals surface area contributed by atoms with Gasteiger partial charge in [-0.05, 0) is 18.2 Å². The van der Waals surface area contributed by atoms with E-state index in [1.165, 1.54) is 11.3 Å². The molecule has 1 N–H and O–H groups in total. The van der Waals surface area contributed by atoms with Gasteiger partial charge in [0, 0.05) is 22.2 Å². The first-order valence-electron chi connectivity index (χ1n) is 7.00. The molecule has 0 aliphatic rings. The van der Waals surface area contributed by atoms with Crippen LogP contribution in [0.1, 0.15) is 5.01 Å². The lowest BCUT2D eigenvalue weighted by atomic mass is 10.2. The van der Waals surface area contributed by atoms with Crippen LogP contribution in [0.3, 0.4) is 0 Å². The molecule has 24 heavy (non-hydrogen) atoms. The predicted molar refractivity (Wildman–Crippen MR) is 101 cm³/mol. The maximum atomic E-state index is 9.41. The molecule has 0 amide bonds. The van der Waals surface area contributed by atoms with Gasteiger partial charge in [0.1, 0.15) is 16.6 Å². The van der Waals surface area contributed by atoms with Gasteiger partial charge in [-0.1, -0.05) is 53.5 Å². The van der Waals surface area contributed by atoms with Crippen molar-refractivity contribution in [2.24, 2.45) is 0 Å². The SMILES string of the molecule is N#C/C(=C/Nc1ccc(Cl)cc1Cl)c1nc(-c2ccccc2)cs1. The van der Waals surface area contributed by atoms with E-state index in [9.17, 15) is 5.26 Å². The number of thiazole rings is 1. The lowest BCUT2D eigenvalue weighted by Crippen LogP contribution is -1.92. The number of hydrogen-bond donors (Lipinski definition) is 1. The van der Waals surface area contributed by atoms with E-state index in [0.29, 0.717) is 26.3 Å². The average molecular weight is 372 g/mol. The molecule has 118 valence electrons. The largest absolute Gasteiger partial charge is 0.359 e. The normalized spacial score (nSPS) is 11.1. The van der Waals surface area contributed by atoms with Crippen LogP contribution in [0.4, 0.5) is 5.69 Å². The summed E-state index contributed by atoms with van der Waals surface area (Å²) in [6.45, 7) is 0. The van der Waals surface area contributed by atoms with Crippen LogP contribution in [-0.2, 0) is 0 Å². The number of allylic oxidation sites excluding steroid dienone is 1. The van der Waals surface area contributed by atoms with Gasteiger partial charge >= 0.3 is 0 Å². The Morgan fingerprint density at radius 3 is 2.67 bits per heavy atom. The summed E-state index contributed by atoms with van der Waals surface area (Å²) in [5.41, 5.74) is 2.98. The Morgan fingerprint density at radius 2 is 1.96 bits per heavy atom. The van der Waals surface area contributed by atoms with Crippen molar-refractivity contribution in [3.05, 3.63) is 75.2 Å². The molecule has 0 bridgehead atoms. The minimum absolute atomic E-state index is 0.438. The number of halogens is 2. The second-order valence-electron chi connectivity index (χ2n) is 4.84. The van der Waals surface area contributed by atoms with E-state index in [-0.39, 0.29) is 0 Å². The number of nitriles is 1.